The molecule has 0 saturated carbocycles. The van der Waals surface area contributed by atoms with Crippen LogP contribution >= 0.6 is 23.1 Å². The fourth-order valence-corrected chi connectivity index (χ4v) is 2.87. The van der Waals surface area contributed by atoms with Gasteiger partial charge in [-0.15, -0.1) is 23.1 Å². The highest BCUT2D eigenvalue weighted by Gasteiger charge is 2.14. The highest BCUT2D eigenvalue weighted by Crippen LogP contribution is 2.17. The smallest absolute Gasteiger partial charge is 0.233 e. The summed E-state index contributed by atoms with van der Waals surface area (Å²) in [4.78, 5) is 12.8. The summed E-state index contributed by atoms with van der Waals surface area (Å²) in [6, 6.07) is 4.03. The first-order valence-corrected chi connectivity index (χ1v) is 6.87. The van der Waals surface area contributed by atoms with Crippen LogP contribution in [-0.4, -0.2) is 16.4 Å². The number of thiophene rings is 1. The van der Waals surface area contributed by atoms with Gasteiger partial charge in [-0.05, 0) is 23.6 Å². The Kier molecular flexibility index (Phi) is 5.19. The molecule has 1 N–H and O–H groups in total. The van der Waals surface area contributed by atoms with Gasteiger partial charge in [0.05, 0.1) is 11.8 Å². The molecule has 0 aromatic carbocycles. The standard InChI is InChI=1S/C11H17NOS2/c1-8(2)15-9(3)11(13)12-7-10-5-4-6-14-10/h4-6,8-9H,7H2,1-3H3,(H,12,13)/t9-/m0/s1. The summed E-state index contributed by atoms with van der Waals surface area (Å²) in [5, 5.41) is 5.49. The predicted molar refractivity (Wildman–Crippen MR) is 68.4 cm³/mol. The maximum atomic E-state index is 11.6. The van der Waals surface area contributed by atoms with Gasteiger partial charge in [0.1, 0.15) is 0 Å². The van der Waals surface area contributed by atoms with Crippen molar-refractivity contribution >= 4 is 29.0 Å². The van der Waals surface area contributed by atoms with Gasteiger partial charge in [0.2, 0.25) is 5.91 Å². The molecule has 1 aromatic rings. The molecular formula is C11H17NOS2. The topological polar surface area (TPSA) is 29.1 Å². The molecule has 0 aliphatic rings. The second-order valence-electron chi connectivity index (χ2n) is 3.62. The van der Waals surface area contributed by atoms with E-state index < -0.39 is 0 Å². The van der Waals surface area contributed by atoms with E-state index in [1.165, 1.54) is 4.88 Å². The van der Waals surface area contributed by atoms with E-state index in [0.29, 0.717) is 11.8 Å². The minimum absolute atomic E-state index is 0.0324. The van der Waals surface area contributed by atoms with Gasteiger partial charge in [0.25, 0.3) is 0 Å². The third-order valence-electron chi connectivity index (χ3n) is 1.86. The lowest BCUT2D eigenvalue weighted by Gasteiger charge is -2.13. The Bertz CT molecular complexity index is 296. The van der Waals surface area contributed by atoms with Crippen molar-refractivity contribution in [2.75, 3.05) is 0 Å². The van der Waals surface area contributed by atoms with E-state index in [1.807, 2.05) is 24.4 Å². The molecule has 84 valence electrons. The van der Waals surface area contributed by atoms with Crippen LogP contribution in [0, 0.1) is 0 Å². The van der Waals surface area contributed by atoms with Crippen LogP contribution in [0.5, 0.6) is 0 Å². The van der Waals surface area contributed by atoms with Crippen LogP contribution in [0.1, 0.15) is 25.6 Å². The van der Waals surface area contributed by atoms with Crippen LogP contribution < -0.4 is 5.32 Å². The van der Waals surface area contributed by atoms with Crippen molar-refractivity contribution in [2.24, 2.45) is 0 Å². The van der Waals surface area contributed by atoms with E-state index in [1.54, 1.807) is 23.1 Å². The summed E-state index contributed by atoms with van der Waals surface area (Å²) in [6.07, 6.45) is 0. The molecule has 1 heterocycles. The van der Waals surface area contributed by atoms with Crippen LogP contribution in [-0.2, 0) is 11.3 Å². The molecule has 15 heavy (non-hydrogen) atoms. The van der Waals surface area contributed by atoms with Gasteiger partial charge in [-0.3, -0.25) is 4.79 Å². The highest BCUT2D eigenvalue weighted by atomic mass is 32.2. The molecule has 1 amide bonds. The zero-order chi connectivity index (χ0) is 11.3. The number of rotatable bonds is 5. The molecule has 1 atom stereocenters. The Balaban J connectivity index is 2.29. The second-order valence-corrected chi connectivity index (χ2v) is 6.58. The molecule has 0 spiro atoms. The number of hydrogen-bond donors (Lipinski definition) is 1. The molecule has 0 bridgehead atoms. The second kappa shape index (κ2) is 6.18. The minimum atomic E-state index is 0.0324. The lowest BCUT2D eigenvalue weighted by molar-refractivity contribution is -0.120. The summed E-state index contributed by atoms with van der Waals surface area (Å²) < 4.78 is 0. The Morgan fingerprint density at radius 2 is 2.27 bits per heavy atom. The van der Waals surface area contributed by atoms with Gasteiger partial charge in [0.15, 0.2) is 0 Å². The lowest BCUT2D eigenvalue weighted by atomic mass is 10.4. The van der Waals surface area contributed by atoms with Gasteiger partial charge >= 0.3 is 0 Å². The van der Waals surface area contributed by atoms with E-state index in [9.17, 15) is 4.79 Å². The van der Waals surface area contributed by atoms with Crippen LogP contribution in [0.3, 0.4) is 0 Å². The first kappa shape index (κ1) is 12.6. The van der Waals surface area contributed by atoms with Gasteiger partial charge in [0, 0.05) is 4.88 Å². The number of amides is 1. The maximum absolute atomic E-state index is 11.6. The van der Waals surface area contributed by atoms with Crippen molar-refractivity contribution in [1.82, 2.24) is 5.32 Å². The maximum Gasteiger partial charge on any atom is 0.233 e. The lowest BCUT2D eigenvalue weighted by Crippen LogP contribution is -2.30. The summed E-state index contributed by atoms with van der Waals surface area (Å²) in [7, 11) is 0. The largest absolute Gasteiger partial charge is 0.350 e. The van der Waals surface area contributed by atoms with E-state index in [4.69, 9.17) is 0 Å². The van der Waals surface area contributed by atoms with Crippen LogP contribution in [0.25, 0.3) is 0 Å². The molecule has 1 rings (SSSR count). The van der Waals surface area contributed by atoms with Crippen molar-refractivity contribution in [2.45, 2.75) is 37.8 Å². The fraction of sp³-hybridized carbons (Fsp3) is 0.545. The van der Waals surface area contributed by atoms with Crippen molar-refractivity contribution in [3.8, 4) is 0 Å². The molecule has 0 fully saturated rings. The Morgan fingerprint density at radius 1 is 1.53 bits per heavy atom. The highest BCUT2D eigenvalue weighted by molar-refractivity contribution is 8.01. The molecule has 1 aromatic heterocycles. The van der Waals surface area contributed by atoms with Gasteiger partial charge in [-0.2, -0.15) is 0 Å². The summed E-state index contributed by atoms with van der Waals surface area (Å²) >= 11 is 3.36. The zero-order valence-corrected chi connectivity index (χ0v) is 11.0. The zero-order valence-electron chi connectivity index (χ0n) is 9.32. The van der Waals surface area contributed by atoms with E-state index in [-0.39, 0.29) is 11.2 Å². The first-order chi connectivity index (χ1) is 7.09. The van der Waals surface area contributed by atoms with Crippen molar-refractivity contribution in [3.63, 3.8) is 0 Å². The number of carbonyl (C=O) groups excluding carboxylic acids is 1. The van der Waals surface area contributed by atoms with Gasteiger partial charge < -0.3 is 5.32 Å². The molecular weight excluding hydrogens is 226 g/mol. The molecule has 4 heteroatoms. The Morgan fingerprint density at radius 3 is 2.80 bits per heavy atom. The third kappa shape index (κ3) is 4.71. The Labute approximate surface area is 99.5 Å². The third-order valence-corrected chi connectivity index (χ3v) is 3.91. The van der Waals surface area contributed by atoms with Crippen molar-refractivity contribution in [1.29, 1.82) is 0 Å². The van der Waals surface area contributed by atoms with Crippen molar-refractivity contribution < 1.29 is 4.79 Å². The molecule has 0 aliphatic carbocycles. The first-order valence-electron chi connectivity index (χ1n) is 5.05. The van der Waals surface area contributed by atoms with E-state index >= 15 is 0 Å². The monoisotopic (exact) mass is 243 g/mol. The quantitative estimate of drug-likeness (QED) is 0.861. The van der Waals surface area contributed by atoms with Crippen LogP contribution in [0.15, 0.2) is 17.5 Å². The minimum Gasteiger partial charge on any atom is -0.350 e. The van der Waals surface area contributed by atoms with Gasteiger partial charge in [-0.1, -0.05) is 19.9 Å². The van der Waals surface area contributed by atoms with E-state index in [0.717, 1.165) is 0 Å². The number of hydrogen-bond acceptors (Lipinski definition) is 3. The number of carbonyl (C=O) groups is 1. The molecule has 0 saturated heterocycles. The summed E-state index contributed by atoms with van der Waals surface area (Å²) in [6.45, 7) is 6.81. The average molecular weight is 243 g/mol. The summed E-state index contributed by atoms with van der Waals surface area (Å²) in [5.41, 5.74) is 0. The molecule has 0 aliphatic heterocycles. The van der Waals surface area contributed by atoms with Gasteiger partial charge in [-0.25, -0.2) is 0 Å². The molecule has 2 nitrogen and oxygen atoms in total. The summed E-state index contributed by atoms with van der Waals surface area (Å²) in [5.74, 6) is 0.127. The van der Waals surface area contributed by atoms with Crippen LogP contribution in [0.4, 0.5) is 0 Å². The molecule has 0 unspecified atom stereocenters. The SMILES string of the molecule is CC(C)S[C@@H](C)C(=O)NCc1cccs1. The number of thioether (sulfide) groups is 1. The van der Waals surface area contributed by atoms with Crippen LogP contribution in [0.2, 0.25) is 0 Å². The Hall–Kier alpha value is -0.480. The fourth-order valence-electron chi connectivity index (χ4n) is 1.20. The van der Waals surface area contributed by atoms with E-state index in [2.05, 4.69) is 19.2 Å². The number of nitrogens with one attached hydrogen (secondary N) is 1. The normalized spacial score (nSPS) is 12.8. The van der Waals surface area contributed by atoms with Crippen molar-refractivity contribution in [3.05, 3.63) is 22.4 Å². The molecule has 0 radical (unpaired) electrons. The average Bonchev–Trinajstić information content (AvgIpc) is 2.65. The predicted octanol–water partition coefficient (Wildman–Crippen LogP) is 2.89.